The van der Waals surface area contributed by atoms with Crippen LogP contribution in [0.15, 0.2) is 5.38 Å². The SMILES string of the molecule is COCCCC(O)c1scc(C)c1Cl. The lowest BCUT2D eigenvalue weighted by atomic mass is 10.1. The molecule has 0 fully saturated rings. The van der Waals surface area contributed by atoms with E-state index in [1.807, 2.05) is 12.3 Å². The molecule has 0 saturated carbocycles. The largest absolute Gasteiger partial charge is 0.388 e. The molecule has 0 aliphatic carbocycles. The Labute approximate surface area is 93.5 Å². The van der Waals surface area contributed by atoms with Crippen molar-refractivity contribution in [1.29, 1.82) is 0 Å². The van der Waals surface area contributed by atoms with Crippen molar-refractivity contribution < 1.29 is 9.84 Å². The molecule has 80 valence electrons. The Balaban J connectivity index is 2.52. The van der Waals surface area contributed by atoms with E-state index in [2.05, 4.69) is 0 Å². The van der Waals surface area contributed by atoms with E-state index in [4.69, 9.17) is 16.3 Å². The number of methoxy groups -OCH3 is 1. The van der Waals surface area contributed by atoms with E-state index < -0.39 is 6.10 Å². The lowest BCUT2D eigenvalue weighted by Gasteiger charge is -2.08. The van der Waals surface area contributed by atoms with Gasteiger partial charge >= 0.3 is 0 Å². The van der Waals surface area contributed by atoms with E-state index >= 15 is 0 Å². The zero-order valence-electron chi connectivity index (χ0n) is 8.42. The topological polar surface area (TPSA) is 29.5 Å². The van der Waals surface area contributed by atoms with E-state index in [0.29, 0.717) is 18.1 Å². The number of ether oxygens (including phenoxy) is 1. The van der Waals surface area contributed by atoms with Crippen molar-refractivity contribution in [3.8, 4) is 0 Å². The van der Waals surface area contributed by atoms with Gasteiger partial charge in [-0.15, -0.1) is 11.3 Å². The summed E-state index contributed by atoms with van der Waals surface area (Å²) in [5.41, 5.74) is 1.04. The Morgan fingerprint density at radius 3 is 2.86 bits per heavy atom. The third kappa shape index (κ3) is 2.95. The number of hydrogen-bond donors (Lipinski definition) is 1. The minimum Gasteiger partial charge on any atom is -0.388 e. The van der Waals surface area contributed by atoms with Gasteiger partial charge in [0.1, 0.15) is 0 Å². The first-order valence-corrected chi connectivity index (χ1v) is 5.83. The molecule has 0 aromatic carbocycles. The molecule has 0 radical (unpaired) electrons. The summed E-state index contributed by atoms with van der Waals surface area (Å²) in [5.74, 6) is 0. The third-order valence-electron chi connectivity index (χ3n) is 2.05. The van der Waals surface area contributed by atoms with Crippen LogP contribution < -0.4 is 0 Å². The second-order valence-electron chi connectivity index (χ2n) is 3.25. The number of thiophene rings is 1. The van der Waals surface area contributed by atoms with Crippen LogP contribution >= 0.6 is 22.9 Å². The Morgan fingerprint density at radius 1 is 1.64 bits per heavy atom. The van der Waals surface area contributed by atoms with E-state index in [-0.39, 0.29) is 0 Å². The molecule has 0 spiro atoms. The number of aliphatic hydroxyl groups is 1. The van der Waals surface area contributed by atoms with Gasteiger partial charge in [-0.05, 0) is 30.7 Å². The summed E-state index contributed by atoms with van der Waals surface area (Å²) >= 11 is 7.56. The molecular weight excluding hydrogens is 220 g/mol. The van der Waals surface area contributed by atoms with Gasteiger partial charge in [-0.2, -0.15) is 0 Å². The van der Waals surface area contributed by atoms with Gasteiger partial charge in [0.2, 0.25) is 0 Å². The molecule has 1 heterocycles. The first kappa shape index (κ1) is 12.0. The lowest BCUT2D eigenvalue weighted by molar-refractivity contribution is 0.138. The van der Waals surface area contributed by atoms with Crippen LogP contribution in [0.5, 0.6) is 0 Å². The van der Waals surface area contributed by atoms with Gasteiger partial charge in [0.15, 0.2) is 0 Å². The second-order valence-corrected chi connectivity index (χ2v) is 4.54. The highest BCUT2D eigenvalue weighted by Crippen LogP contribution is 2.34. The van der Waals surface area contributed by atoms with Crippen molar-refractivity contribution in [2.75, 3.05) is 13.7 Å². The predicted molar refractivity (Wildman–Crippen MR) is 60.1 cm³/mol. The number of hydrogen-bond acceptors (Lipinski definition) is 3. The summed E-state index contributed by atoms with van der Waals surface area (Å²) in [4.78, 5) is 0.875. The molecule has 4 heteroatoms. The molecule has 1 unspecified atom stereocenters. The Morgan fingerprint density at radius 2 is 2.36 bits per heavy atom. The average Bonchev–Trinajstić information content (AvgIpc) is 2.48. The highest BCUT2D eigenvalue weighted by molar-refractivity contribution is 7.10. The van der Waals surface area contributed by atoms with Crippen LogP contribution in [0.3, 0.4) is 0 Å². The van der Waals surface area contributed by atoms with Crippen LogP contribution in [0.2, 0.25) is 5.02 Å². The zero-order chi connectivity index (χ0) is 10.6. The maximum atomic E-state index is 9.81. The molecule has 2 nitrogen and oxygen atoms in total. The van der Waals surface area contributed by atoms with Crippen molar-refractivity contribution >= 4 is 22.9 Å². The van der Waals surface area contributed by atoms with Crippen molar-refractivity contribution in [1.82, 2.24) is 0 Å². The lowest BCUT2D eigenvalue weighted by Crippen LogP contribution is -1.98. The minimum absolute atomic E-state index is 0.448. The molecule has 0 amide bonds. The third-order valence-corrected chi connectivity index (χ3v) is 3.87. The Bertz CT molecular complexity index is 286. The molecule has 0 bridgehead atoms. The van der Waals surface area contributed by atoms with Gasteiger partial charge in [-0.1, -0.05) is 11.6 Å². The first-order valence-electron chi connectivity index (χ1n) is 4.57. The van der Waals surface area contributed by atoms with Crippen LogP contribution in [-0.4, -0.2) is 18.8 Å². The highest BCUT2D eigenvalue weighted by Gasteiger charge is 2.14. The summed E-state index contributed by atoms with van der Waals surface area (Å²) in [7, 11) is 1.66. The van der Waals surface area contributed by atoms with E-state index in [0.717, 1.165) is 16.9 Å². The summed E-state index contributed by atoms with van der Waals surface area (Å²) in [6, 6.07) is 0. The molecule has 1 aromatic heterocycles. The van der Waals surface area contributed by atoms with Crippen molar-refractivity contribution in [3.63, 3.8) is 0 Å². The molecule has 1 atom stereocenters. The molecule has 14 heavy (non-hydrogen) atoms. The van der Waals surface area contributed by atoms with Gasteiger partial charge in [-0.25, -0.2) is 0 Å². The van der Waals surface area contributed by atoms with Gasteiger partial charge < -0.3 is 9.84 Å². The minimum atomic E-state index is -0.448. The molecule has 0 saturated heterocycles. The van der Waals surface area contributed by atoms with Crippen molar-refractivity contribution in [2.24, 2.45) is 0 Å². The molecular formula is C10H15ClO2S. The van der Waals surface area contributed by atoms with Gasteiger partial charge in [0, 0.05) is 13.7 Å². The molecule has 0 aliphatic heterocycles. The number of aliphatic hydroxyl groups excluding tert-OH is 1. The summed E-state index contributed by atoms with van der Waals surface area (Å²) in [6.45, 7) is 2.63. The summed E-state index contributed by atoms with van der Waals surface area (Å²) in [6.07, 6.45) is 1.11. The maximum Gasteiger partial charge on any atom is 0.0897 e. The zero-order valence-corrected chi connectivity index (χ0v) is 9.99. The Kier molecular flexibility index (Phi) is 4.89. The van der Waals surface area contributed by atoms with Crippen LogP contribution in [0, 0.1) is 6.92 Å². The van der Waals surface area contributed by atoms with Crippen LogP contribution in [-0.2, 0) is 4.74 Å². The summed E-state index contributed by atoms with van der Waals surface area (Å²) in [5, 5.41) is 12.5. The Hall–Kier alpha value is -0.0900. The smallest absolute Gasteiger partial charge is 0.0897 e. The van der Waals surface area contributed by atoms with Gasteiger partial charge in [-0.3, -0.25) is 0 Å². The normalized spacial score (nSPS) is 13.1. The van der Waals surface area contributed by atoms with E-state index in [9.17, 15) is 5.11 Å². The number of halogens is 1. The highest BCUT2D eigenvalue weighted by atomic mass is 35.5. The monoisotopic (exact) mass is 234 g/mol. The van der Waals surface area contributed by atoms with Crippen molar-refractivity contribution in [3.05, 3.63) is 20.8 Å². The van der Waals surface area contributed by atoms with E-state index in [1.165, 1.54) is 11.3 Å². The molecule has 1 rings (SSSR count). The maximum absolute atomic E-state index is 9.81. The fourth-order valence-corrected chi connectivity index (χ4v) is 2.57. The van der Waals surface area contributed by atoms with Gasteiger partial charge in [0.25, 0.3) is 0 Å². The van der Waals surface area contributed by atoms with Crippen LogP contribution in [0.4, 0.5) is 0 Å². The molecule has 0 aliphatic rings. The number of aryl methyl sites for hydroxylation is 1. The average molecular weight is 235 g/mol. The molecule has 1 N–H and O–H groups in total. The van der Waals surface area contributed by atoms with Crippen LogP contribution in [0.25, 0.3) is 0 Å². The molecule has 1 aromatic rings. The quantitative estimate of drug-likeness (QED) is 0.793. The summed E-state index contributed by atoms with van der Waals surface area (Å²) < 4.78 is 4.92. The van der Waals surface area contributed by atoms with E-state index in [1.54, 1.807) is 7.11 Å². The van der Waals surface area contributed by atoms with Gasteiger partial charge in [0.05, 0.1) is 16.0 Å². The van der Waals surface area contributed by atoms with Crippen LogP contribution in [0.1, 0.15) is 29.4 Å². The standard InChI is InChI=1S/C10H15ClO2S/c1-7-6-14-10(9(7)11)8(12)4-3-5-13-2/h6,8,12H,3-5H2,1-2H3. The fraction of sp³-hybridized carbons (Fsp3) is 0.600. The second kappa shape index (κ2) is 5.71. The fourth-order valence-electron chi connectivity index (χ4n) is 1.23. The first-order chi connectivity index (χ1) is 6.66. The van der Waals surface area contributed by atoms with Crippen molar-refractivity contribution in [2.45, 2.75) is 25.9 Å². The predicted octanol–water partition coefficient (Wildman–Crippen LogP) is 3.17. The number of rotatable bonds is 5.